The SMILES string of the molecule is CCC(CC)N(Cc1ccc(Cl)cc1N)CC(C)C. The highest BCUT2D eigenvalue weighted by molar-refractivity contribution is 6.30. The third-order valence-electron chi connectivity index (χ3n) is 3.54. The zero-order chi connectivity index (χ0) is 14.4. The van der Waals surface area contributed by atoms with E-state index in [0.717, 1.165) is 18.8 Å². The highest BCUT2D eigenvalue weighted by Crippen LogP contribution is 2.22. The molecule has 0 unspecified atom stereocenters. The van der Waals surface area contributed by atoms with Gasteiger partial charge in [0.25, 0.3) is 0 Å². The van der Waals surface area contributed by atoms with Crippen LogP contribution in [-0.4, -0.2) is 17.5 Å². The summed E-state index contributed by atoms with van der Waals surface area (Å²) in [4.78, 5) is 2.55. The number of nitrogens with zero attached hydrogens (tertiary/aromatic N) is 1. The Morgan fingerprint density at radius 1 is 1.21 bits per heavy atom. The maximum Gasteiger partial charge on any atom is 0.0426 e. The Bertz CT molecular complexity index is 386. The second-order valence-corrected chi connectivity index (χ2v) is 6.07. The summed E-state index contributed by atoms with van der Waals surface area (Å²) < 4.78 is 0. The van der Waals surface area contributed by atoms with Crippen molar-refractivity contribution in [3.8, 4) is 0 Å². The molecule has 0 radical (unpaired) electrons. The molecule has 0 amide bonds. The van der Waals surface area contributed by atoms with Crippen molar-refractivity contribution in [2.45, 2.75) is 53.1 Å². The maximum atomic E-state index is 6.07. The lowest BCUT2D eigenvalue weighted by Gasteiger charge is -2.32. The Labute approximate surface area is 122 Å². The smallest absolute Gasteiger partial charge is 0.0426 e. The minimum atomic E-state index is 0.623. The van der Waals surface area contributed by atoms with Crippen LogP contribution in [0.4, 0.5) is 5.69 Å². The molecule has 0 fully saturated rings. The van der Waals surface area contributed by atoms with Gasteiger partial charge in [0.05, 0.1) is 0 Å². The van der Waals surface area contributed by atoms with Gasteiger partial charge in [-0.05, 0) is 36.5 Å². The summed E-state index contributed by atoms with van der Waals surface area (Å²) in [6, 6.07) is 6.44. The summed E-state index contributed by atoms with van der Waals surface area (Å²) in [6.07, 6.45) is 2.35. The number of benzene rings is 1. The van der Waals surface area contributed by atoms with Crippen molar-refractivity contribution in [2.75, 3.05) is 12.3 Å². The van der Waals surface area contributed by atoms with Crippen LogP contribution in [0, 0.1) is 5.92 Å². The number of rotatable bonds is 7. The van der Waals surface area contributed by atoms with Crippen LogP contribution in [0.15, 0.2) is 18.2 Å². The number of halogens is 1. The van der Waals surface area contributed by atoms with E-state index >= 15 is 0 Å². The van der Waals surface area contributed by atoms with E-state index in [0.29, 0.717) is 17.0 Å². The first kappa shape index (κ1) is 16.3. The molecule has 0 aliphatic carbocycles. The van der Waals surface area contributed by atoms with E-state index in [1.807, 2.05) is 18.2 Å². The van der Waals surface area contributed by atoms with Crippen molar-refractivity contribution in [3.05, 3.63) is 28.8 Å². The highest BCUT2D eigenvalue weighted by Gasteiger charge is 2.17. The zero-order valence-corrected chi connectivity index (χ0v) is 13.4. The van der Waals surface area contributed by atoms with Crippen molar-refractivity contribution in [2.24, 2.45) is 5.92 Å². The van der Waals surface area contributed by atoms with Crippen LogP contribution < -0.4 is 5.73 Å². The van der Waals surface area contributed by atoms with Crippen LogP contribution >= 0.6 is 11.6 Å². The molecule has 108 valence electrons. The molecule has 0 spiro atoms. The molecular weight excluding hydrogens is 256 g/mol. The number of hydrogen-bond acceptors (Lipinski definition) is 2. The van der Waals surface area contributed by atoms with Crippen LogP contribution in [0.2, 0.25) is 5.02 Å². The fourth-order valence-electron chi connectivity index (χ4n) is 2.55. The molecule has 3 heteroatoms. The van der Waals surface area contributed by atoms with Crippen LogP contribution in [0.1, 0.15) is 46.1 Å². The second-order valence-electron chi connectivity index (χ2n) is 5.64. The summed E-state index contributed by atoms with van der Waals surface area (Å²) in [7, 11) is 0. The topological polar surface area (TPSA) is 29.3 Å². The first-order valence-corrected chi connectivity index (χ1v) is 7.63. The zero-order valence-electron chi connectivity index (χ0n) is 12.6. The predicted octanol–water partition coefficient (Wildman–Crippen LogP) is 4.57. The maximum absolute atomic E-state index is 6.07. The normalized spacial score (nSPS) is 11.8. The molecule has 2 nitrogen and oxygen atoms in total. The first-order chi connectivity index (χ1) is 8.97. The van der Waals surface area contributed by atoms with Crippen molar-refractivity contribution >= 4 is 17.3 Å². The largest absolute Gasteiger partial charge is 0.398 e. The van der Waals surface area contributed by atoms with Crippen molar-refractivity contribution in [1.82, 2.24) is 4.90 Å². The molecule has 0 aliphatic rings. The van der Waals surface area contributed by atoms with Gasteiger partial charge < -0.3 is 5.73 Å². The summed E-state index contributed by atoms with van der Waals surface area (Å²) >= 11 is 5.96. The van der Waals surface area contributed by atoms with Gasteiger partial charge in [0, 0.05) is 29.8 Å². The van der Waals surface area contributed by atoms with E-state index in [1.54, 1.807) is 0 Å². The Kier molecular flexibility index (Phi) is 6.67. The molecule has 0 saturated carbocycles. The molecule has 0 bridgehead atoms. The van der Waals surface area contributed by atoms with Gasteiger partial charge in [-0.1, -0.05) is 45.4 Å². The summed E-state index contributed by atoms with van der Waals surface area (Å²) in [5, 5.41) is 0.708. The monoisotopic (exact) mass is 282 g/mol. The van der Waals surface area contributed by atoms with Gasteiger partial charge in [0.15, 0.2) is 0 Å². The molecule has 19 heavy (non-hydrogen) atoms. The molecule has 0 atom stereocenters. The second kappa shape index (κ2) is 7.76. The van der Waals surface area contributed by atoms with Gasteiger partial charge in [0.2, 0.25) is 0 Å². The van der Waals surface area contributed by atoms with E-state index < -0.39 is 0 Å². The van der Waals surface area contributed by atoms with Crippen LogP contribution in [0.25, 0.3) is 0 Å². The molecule has 1 aromatic rings. The fraction of sp³-hybridized carbons (Fsp3) is 0.625. The third kappa shape index (κ3) is 5.04. The van der Waals surface area contributed by atoms with E-state index in [9.17, 15) is 0 Å². The predicted molar refractivity (Wildman–Crippen MR) is 85.5 cm³/mol. The van der Waals surface area contributed by atoms with Crippen molar-refractivity contribution < 1.29 is 0 Å². The lowest BCUT2D eigenvalue weighted by atomic mass is 10.1. The van der Waals surface area contributed by atoms with Crippen LogP contribution in [0.3, 0.4) is 0 Å². The van der Waals surface area contributed by atoms with E-state index in [-0.39, 0.29) is 0 Å². The van der Waals surface area contributed by atoms with E-state index in [2.05, 4.69) is 32.6 Å². The average molecular weight is 283 g/mol. The molecule has 1 aromatic carbocycles. The van der Waals surface area contributed by atoms with Crippen molar-refractivity contribution in [1.29, 1.82) is 0 Å². The third-order valence-corrected chi connectivity index (χ3v) is 3.78. The minimum Gasteiger partial charge on any atom is -0.398 e. The molecule has 0 heterocycles. The van der Waals surface area contributed by atoms with Gasteiger partial charge in [-0.25, -0.2) is 0 Å². The summed E-state index contributed by atoms with van der Waals surface area (Å²) in [5.41, 5.74) is 8.05. The lowest BCUT2D eigenvalue weighted by Crippen LogP contribution is -2.36. The number of nitrogens with two attached hydrogens (primary N) is 1. The number of nitrogen functional groups attached to an aromatic ring is 1. The van der Waals surface area contributed by atoms with Crippen LogP contribution in [0.5, 0.6) is 0 Å². The molecular formula is C16H27ClN2. The molecule has 0 aliphatic heterocycles. The van der Waals surface area contributed by atoms with Gasteiger partial charge in [-0.3, -0.25) is 4.90 Å². The Hall–Kier alpha value is -0.730. The molecule has 0 aromatic heterocycles. The van der Waals surface area contributed by atoms with E-state index in [4.69, 9.17) is 17.3 Å². The summed E-state index contributed by atoms with van der Waals surface area (Å²) in [6.45, 7) is 11.1. The Morgan fingerprint density at radius 2 is 1.84 bits per heavy atom. The van der Waals surface area contributed by atoms with Gasteiger partial charge >= 0.3 is 0 Å². The number of anilines is 1. The van der Waals surface area contributed by atoms with Gasteiger partial charge in [0.1, 0.15) is 0 Å². The standard InChI is InChI=1S/C16H27ClN2/c1-5-15(6-2)19(10-12(3)4)11-13-7-8-14(17)9-16(13)18/h7-9,12,15H,5-6,10-11,18H2,1-4H3. The van der Waals surface area contributed by atoms with Gasteiger partial charge in [-0.15, -0.1) is 0 Å². The van der Waals surface area contributed by atoms with Gasteiger partial charge in [-0.2, -0.15) is 0 Å². The minimum absolute atomic E-state index is 0.623. The Morgan fingerprint density at radius 3 is 2.32 bits per heavy atom. The van der Waals surface area contributed by atoms with E-state index in [1.165, 1.54) is 18.4 Å². The quantitative estimate of drug-likeness (QED) is 0.742. The summed E-state index contributed by atoms with van der Waals surface area (Å²) in [5.74, 6) is 0.661. The van der Waals surface area contributed by atoms with Crippen molar-refractivity contribution in [3.63, 3.8) is 0 Å². The average Bonchev–Trinajstić information content (AvgIpc) is 2.33. The van der Waals surface area contributed by atoms with Crippen LogP contribution in [-0.2, 0) is 6.54 Å². The lowest BCUT2D eigenvalue weighted by molar-refractivity contribution is 0.158. The fourth-order valence-corrected chi connectivity index (χ4v) is 2.73. The molecule has 1 rings (SSSR count). The number of hydrogen-bond donors (Lipinski definition) is 1. The molecule has 2 N–H and O–H groups in total. The first-order valence-electron chi connectivity index (χ1n) is 7.25. The molecule has 0 saturated heterocycles. The highest BCUT2D eigenvalue weighted by atomic mass is 35.5. The Balaban J connectivity index is 2.86.